The number of likely N-dealkylation sites (tertiary alicyclic amines) is 1. The van der Waals surface area contributed by atoms with Gasteiger partial charge in [0, 0.05) is 25.6 Å². The lowest BCUT2D eigenvalue weighted by Crippen LogP contribution is -2.65. The number of hydrogen-bond acceptors (Lipinski definition) is 5. The predicted octanol–water partition coefficient (Wildman–Crippen LogP) is 4.54. The maximum Gasteiger partial charge on any atom is 0.408 e. The van der Waals surface area contributed by atoms with E-state index in [9.17, 15) is 19.5 Å². The van der Waals surface area contributed by atoms with Crippen LogP contribution in [0.5, 0.6) is 0 Å². The SMILES string of the molecule is O=C(NC1(C(=O)NC(C(=O)O)C2CC2)CCN(Cc2ccccc2)CC1)OCC1c2ccccc2-c2ccccc21. The molecular weight excluding hydrogens is 518 g/mol. The third-order valence-corrected chi connectivity index (χ3v) is 8.72. The van der Waals surface area contributed by atoms with Crippen molar-refractivity contribution in [2.75, 3.05) is 19.7 Å². The molecule has 3 N–H and O–H groups in total. The van der Waals surface area contributed by atoms with Crippen LogP contribution in [-0.4, -0.2) is 59.3 Å². The first kappa shape index (κ1) is 27.0. The topological polar surface area (TPSA) is 108 Å². The number of ether oxygens (including phenoxy) is 1. The lowest BCUT2D eigenvalue weighted by atomic mass is 9.85. The summed E-state index contributed by atoms with van der Waals surface area (Å²) in [7, 11) is 0. The van der Waals surface area contributed by atoms with Gasteiger partial charge in [-0.1, -0.05) is 78.9 Å². The van der Waals surface area contributed by atoms with Crippen molar-refractivity contribution in [2.24, 2.45) is 5.92 Å². The van der Waals surface area contributed by atoms with E-state index < -0.39 is 29.6 Å². The molecule has 1 aliphatic heterocycles. The van der Waals surface area contributed by atoms with E-state index in [0.29, 0.717) is 25.9 Å². The number of benzene rings is 3. The molecule has 1 saturated heterocycles. The summed E-state index contributed by atoms with van der Waals surface area (Å²) in [6.45, 7) is 2.03. The summed E-state index contributed by atoms with van der Waals surface area (Å²) < 4.78 is 5.79. The van der Waals surface area contributed by atoms with Gasteiger partial charge < -0.3 is 20.5 Å². The number of carboxylic acid groups (broad SMARTS) is 1. The van der Waals surface area contributed by atoms with Gasteiger partial charge >= 0.3 is 12.1 Å². The van der Waals surface area contributed by atoms with Gasteiger partial charge in [0.2, 0.25) is 5.91 Å². The van der Waals surface area contributed by atoms with Gasteiger partial charge in [0.1, 0.15) is 18.2 Å². The van der Waals surface area contributed by atoms with Crippen LogP contribution in [0.4, 0.5) is 4.79 Å². The average Bonchev–Trinajstić information content (AvgIpc) is 3.78. The highest BCUT2D eigenvalue weighted by Gasteiger charge is 2.47. The second-order valence-corrected chi connectivity index (χ2v) is 11.4. The molecule has 0 radical (unpaired) electrons. The summed E-state index contributed by atoms with van der Waals surface area (Å²) in [6.07, 6.45) is 1.58. The molecule has 8 nitrogen and oxygen atoms in total. The highest BCUT2D eigenvalue weighted by molar-refractivity contribution is 5.93. The molecule has 1 saturated carbocycles. The monoisotopic (exact) mass is 553 g/mol. The van der Waals surface area contributed by atoms with E-state index in [-0.39, 0.29) is 18.4 Å². The Kier molecular flexibility index (Phi) is 7.49. The summed E-state index contributed by atoms with van der Waals surface area (Å²) in [6, 6.07) is 25.4. The van der Waals surface area contributed by atoms with Crippen LogP contribution in [0.3, 0.4) is 0 Å². The Bertz CT molecular complexity index is 1380. The third kappa shape index (κ3) is 5.70. The van der Waals surface area contributed by atoms with Crippen LogP contribution >= 0.6 is 0 Å². The lowest BCUT2D eigenvalue weighted by Gasteiger charge is -2.41. The summed E-state index contributed by atoms with van der Waals surface area (Å²) in [5, 5.41) is 15.4. The molecule has 6 rings (SSSR count). The summed E-state index contributed by atoms with van der Waals surface area (Å²) >= 11 is 0. The maximum atomic E-state index is 13.7. The molecule has 0 aromatic heterocycles. The van der Waals surface area contributed by atoms with E-state index in [1.165, 1.54) is 5.56 Å². The first-order chi connectivity index (χ1) is 19.9. The van der Waals surface area contributed by atoms with Crippen LogP contribution in [0.25, 0.3) is 11.1 Å². The van der Waals surface area contributed by atoms with Crippen molar-refractivity contribution in [1.82, 2.24) is 15.5 Å². The molecule has 1 heterocycles. The van der Waals surface area contributed by atoms with Crippen LogP contribution < -0.4 is 10.6 Å². The fourth-order valence-corrected chi connectivity index (χ4v) is 6.26. The fraction of sp³-hybridized carbons (Fsp3) is 0.364. The van der Waals surface area contributed by atoms with Gasteiger partial charge in [0.05, 0.1) is 0 Å². The minimum atomic E-state index is -1.25. The van der Waals surface area contributed by atoms with Gasteiger partial charge in [0.25, 0.3) is 0 Å². The third-order valence-electron chi connectivity index (χ3n) is 8.72. The van der Waals surface area contributed by atoms with Crippen molar-refractivity contribution in [2.45, 2.75) is 49.7 Å². The van der Waals surface area contributed by atoms with Crippen LogP contribution in [0.15, 0.2) is 78.9 Å². The van der Waals surface area contributed by atoms with Crippen molar-refractivity contribution in [3.05, 3.63) is 95.6 Å². The Labute approximate surface area is 239 Å². The van der Waals surface area contributed by atoms with Gasteiger partial charge in [-0.25, -0.2) is 9.59 Å². The van der Waals surface area contributed by atoms with Crippen LogP contribution in [0.2, 0.25) is 0 Å². The number of alkyl carbamates (subject to hydrolysis) is 1. The molecule has 8 heteroatoms. The Balaban J connectivity index is 1.16. The van der Waals surface area contributed by atoms with Crippen molar-refractivity contribution in [3.63, 3.8) is 0 Å². The van der Waals surface area contributed by atoms with E-state index in [2.05, 4.69) is 51.9 Å². The first-order valence-electron chi connectivity index (χ1n) is 14.4. The number of carbonyl (C=O) groups excluding carboxylic acids is 2. The normalized spacial score (nSPS) is 18.5. The molecule has 0 spiro atoms. The highest BCUT2D eigenvalue weighted by atomic mass is 16.5. The fourth-order valence-electron chi connectivity index (χ4n) is 6.26. The minimum absolute atomic E-state index is 0.0684. The van der Waals surface area contributed by atoms with E-state index in [4.69, 9.17) is 4.74 Å². The average molecular weight is 554 g/mol. The second kappa shape index (κ2) is 11.4. The lowest BCUT2D eigenvalue weighted by molar-refractivity contribution is -0.144. The molecule has 212 valence electrons. The molecule has 41 heavy (non-hydrogen) atoms. The van der Waals surface area contributed by atoms with Gasteiger partial charge in [-0.2, -0.15) is 0 Å². The minimum Gasteiger partial charge on any atom is -0.480 e. The smallest absolute Gasteiger partial charge is 0.408 e. The summed E-state index contributed by atoms with van der Waals surface area (Å²) in [4.78, 5) is 41.1. The number of carbonyl (C=O) groups is 3. The molecule has 3 aliphatic rings. The second-order valence-electron chi connectivity index (χ2n) is 11.4. The van der Waals surface area contributed by atoms with E-state index >= 15 is 0 Å². The zero-order chi connectivity index (χ0) is 28.4. The summed E-state index contributed by atoms with van der Waals surface area (Å²) in [5.41, 5.74) is 4.41. The zero-order valence-electron chi connectivity index (χ0n) is 22.9. The standard InChI is InChI=1S/C33H35N3O5/c37-30(38)29(23-14-15-23)34-31(39)33(16-18-36(19-17-33)20-22-8-2-1-3-9-22)35-32(40)41-21-28-26-12-6-4-10-24(26)25-11-5-7-13-27(25)28/h1-13,23,28-29H,14-21H2,(H,34,39)(H,35,40)(H,37,38). The molecule has 2 amide bonds. The largest absolute Gasteiger partial charge is 0.480 e. The predicted molar refractivity (Wildman–Crippen MR) is 154 cm³/mol. The molecule has 2 aliphatic carbocycles. The number of fused-ring (bicyclic) bond motifs is 3. The Morgan fingerprint density at radius 2 is 1.46 bits per heavy atom. The molecule has 1 unspecified atom stereocenters. The van der Waals surface area contributed by atoms with Gasteiger partial charge in [-0.05, 0) is 59.4 Å². The number of piperidine rings is 1. The molecular formula is C33H35N3O5. The van der Waals surface area contributed by atoms with Crippen LogP contribution in [0.1, 0.15) is 48.3 Å². The molecule has 3 aromatic rings. The molecule has 0 bridgehead atoms. The van der Waals surface area contributed by atoms with Crippen molar-refractivity contribution in [3.8, 4) is 11.1 Å². The van der Waals surface area contributed by atoms with Crippen LogP contribution in [0, 0.1) is 5.92 Å². The number of aliphatic carboxylic acids is 1. The highest BCUT2D eigenvalue weighted by Crippen LogP contribution is 2.44. The molecule has 3 aromatic carbocycles. The number of carboxylic acids is 1. The Morgan fingerprint density at radius 1 is 0.878 bits per heavy atom. The van der Waals surface area contributed by atoms with Crippen molar-refractivity contribution >= 4 is 18.0 Å². The quantitative estimate of drug-likeness (QED) is 0.359. The maximum absolute atomic E-state index is 13.7. The van der Waals surface area contributed by atoms with E-state index in [1.807, 2.05) is 42.5 Å². The number of nitrogens with one attached hydrogen (secondary N) is 2. The van der Waals surface area contributed by atoms with Gasteiger partial charge in [-0.3, -0.25) is 9.69 Å². The van der Waals surface area contributed by atoms with E-state index in [0.717, 1.165) is 41.6 Å². The Morgan fingerprint density at radius 3 is 2.05 bits per heavy atom. The number of amides is 2. The Hall–Kier alpha value is -4.17. The van der Waals surface area contributed by atoms with Crippen molar-refractivity contribution in [1.29, 1.82) is 0 Å². The number of hydrogen-bond donors (Lipinski definition) is 3. The van der Waals surface area contributed by atoms with E-state index in [1.54, 1.807) is 0 Å². The van der Waals surface area contributed by atoms with Gasteiger partial charge in [0.15, 0.2) is 0 Å². The zero-order valence-corrected chi connectivity index (χ0v) is 22.9. The first-order valence-corrected chi connectivity index (χ1v) is 14.4. The van der Waals surface area contributed by atoms with Crippen molar-refractivity contribution < 1.29 is 24.2 Å². The summed E-state index contributed by atoms with van der Waals surface area (Å²) in [5.74, 6) is -1.67. The number of nitrogens with zero attached hydrogens (tertiary/aromatic N) is 1. The van der Waals surface area contributed by atoms with Gasteiger partial charge in [-0.15, -0.1) is 0 Å². The number of rotatable bonds is 9. The van der Waals surface area contributed by atoms with Crippen LogP contribution in [-0.2, 0) is 20.9 Å². The molecule has 2 fully saturated rings. The molecule has 1 atom stereocenters.